The fourth-order valence-electron chi connectivity index (χ4n) is 4.06. The minimum Gasteiger partial charge on any atom is -0.458 e. The van der Waals surface area contributed by atoms with Gasteiger partial charge in [0, 0.05) is 19.4 Å². The Morgan fingerprint density at radius 2 is 1.61 bits per heavy atom. The second kappa shape index (κ2) is 13.2. The number of ketones is 1. The van der Waals surface area contributed by atoms with Crippen LogP contribution in [-0.2, 0) is 33.3 Å². The third kappa shape index (κ3) is 9.89. The Hall–Kier alpha value is -2.46. The zero-order chi connectivity index (χ0) is 27.8. The molecule has 10 nitrogen and oxygen atoms in total. The molecule has 1 saturated heterocycles. The molecule has 1 fully saturated rings. The van der Waals surface area contributed by atoms with E-state index in [0.717, 1.165) is 0 Å². The van der Waals surface area contributed by atoms with Crippen LogP contribution in [0.2, 0.25) is 0 Å². The molecule has 0 aromatic heterocycles. The minimum atomic E-state index is -1.16. The second-order valence-electron chi connectivity index (χ2n) is 10.8. The van der Waals surface area contributed by atoms with Crippen LogP contribution >= 0.6 is 0 Å². The van der Waals surface area contributed by atoms with E-state index in [1.807, 2.05) is 6.08 Å². The van der Waals surface area contributed by atoms with Crippen LogP contribution in [0.3, 0.4) is 0 Å². The highest BCUT2D eigenvalue weighted by molar-refractivity contribution is 5.91. The molecule has 1 aliphatic heterocycles. The summed E-state index contributed by atoms with van der Waals surface area (Å²) in [5, 5.41) is 2.68. The average Bonchev–Trinajstić information content (AvgIpc) is 3.07. The maximum absolute atomic E-state index is 13.5. The zero-order valence-corrected chi connectivity index (χ0v) is 23.4. The SMILES string of the molecule is C/C=C\[C@@H]1C[C@H](C(=O)OC(C)(C)C)N(C(=O)OC(C)(C)C)[C@H]1C(NC(C)=O)C(=O)COC(C)OCC. The maximum atomic E-state index is 13.5. The van der Waals surface area contributed by atoms with E-state index in [2.05, 4.69) is 5.32 Å². The van der Waals surface area contributed by atoms with Crippen LogP contribution in [0.5, 0.6) is 0 Å². The largest absolute Gasteiger partial charge is 0.458 e. The van der Waals surface area contributed by atoms with Crippen molar-refractivity contribution in [1.29, 1.82) is 0 Å². The van der Waals surface area contributed by atoms with Gasteiger partial charge in [-0.25, -0.2) is 9.59 Å². The van der Waals surface area contributed by atoms with Gasteiger partial charge in [-0.1, -0.05) is 12.2 Å². The average molecular weight is 513 g/mol. The Morgan fingerprint density at radius 1 is 1.03 bits per heavy atom. The number of likely N-dealkylation sites (tertiary alicyclic amines) is 1. The normalized spacial score (nSPS) is 22.3. The van der Waals surface area contributed by atoms with Crippen LogP contribution < -0.4 is 5.32 Å². The Morgan fingerprint density at radius 3 is 2.08 bits per heavy atom. The Balaban J connectivity index is 3.52. The van der Waals surface area contributed by atoms with Gasteiger partial charge < -0.3 is 24.3 Å². The molecule has 1 aliphatic rings. The molecule has 206 valence electrons. The van der Waals surface area contributed by atoms with E-state index in [1.165, 1.54) is 11.8 Å². The van der Waals surface area contributed by atoms with Crippen molar-refractivity contribution in [2.45, 2.75) is 111 Å². The second-order valence-corrected chi connectivity index (χ2v) is 10.8. The standard InChI is InChI=1S/C26H44N2O8/c1-11-13-18-14-19(23(31)35-25(5,6)7)28(24(32)36-26(8,9)10)22(18)21(27-16(3)29)20(30)15-34-17(4)33-12-2/h11,13,17-19,21-22H,12,14-15H2,1-10H3,(H,27,29)/b13-11-/t17?,18-,19-,21?,22-/m1/s1. The number of carbonyl (C=O) groups excluding carboxylic acids is 4. The first-order valence-corrected chi connectivity index (χ1v) is 12.4. The molecule has 0 spiro atoms. The fraction of sp³-hybridized carbons (Fsp3) is 0.769. The van der Waals surface area contributed by atoms with Gasteiger partial charge >= 0.3 is 12.1 Å². The number of amides is 2. The number of esters is 1. The molecule has 0 bridgehead atoms. The molecule has 10 heteroatoms. The van der Waals surface area contributed by atoms with Crippen molar-refractivity contribution in [3.05, 3.63) is 12.2 Å². The lowest BCUT2D eigenvalue weighted by molar-refractivity contribution is -0.161. The summed E-state index contributed by atoms with van der Waals surface area (Å²) in [5.74, 6) is -1.98. The lowest BCUT2D eigenvalue weighted by Crippen LogP contribution is -2.60. The number of nitrogens with zero attached hydrogens (tertiary/aromatic N) is 1. The number of carbonyl (C=O) groups is 4. The summed E-state index contributed by atoms with van der Waals surface area (Å²) in [6, 6.07) is -3.08. The molecule has 1 N–H and O–H groups in total. The van der Waals surface area contributed by atoms with Crippen molar-refractivity contribution in [2.75, 3.05) is 13.2 Å². The molecule has 0 aliphatic carbocycles. The maximum Gasteiger partial charge on any atom is 0.411 e. The summed E-state index contributed by atoms with van der Waals surface area (Å²) < 4.78 is 22.1. The number of Topliss-reactive ketones (excluding diaryl/α,β-unsaturated/α-hetero) is 1. The van der Waals surface area contributed by atoms with Gasteiger partial charge in [0.25, 0.3) is 0 Å². The Kier molecular flexibility index (Phi) is 11.6. The van der Waals surface area contributed by atoms with Crippen LogP contribution in [0.25, 0.3) is 0 Å². The number of allylic oxidation sites excluding steroid dienone is 1. The van der Waals surface area contributed by atoms with Crippen molar-refractivity contribution >= 4 is 23.8 Å². The van der Waals surface area contributed by atoms with Gasteiger partial charge in [0.2, 0.25) is 5.91 Å². The predicted molar refractivity (Wildman–Crippen MR) is 134 cm³/mol. The van der Waals surface area contributed by atoms with Crippen molar-refractivity contribution in [2.24, 2.45) is 5.92 Å². The van der Waals surface area contributed by atoms with E-state index < -0.39 is 65.3 Å². The van der Waals surface area contributed by atoms with Crippen molar-refractivity contribution < 1.29 is 38.1 Å². The number of hydrogen-bond acceptors (Lipinski definition) is 8. The molecule has 2 amide bonds. The lowest BCUT2D eigenvalue weighted by atomic mass is 9.90. The quantitative estimate of drug-likeness (QED) is 0.269. The van der Waals surface area contributed by atoms with Crippen LogP contribution in [0.15, 0.2) is 12.2 Å². The molecule has 0 aromatic rings. The van der Waals surface area contributed by atoms with E-state index in [-0.39, 0.29) is 13.0 Å². The highest BCUT2D eigenvalue weighted by Crippen LogP contribution is 2.36. The number of ether oxygens (including phenoxy) is 4. The van der Waals surface area contributed by atoms with Gasteiger partial charge in [0.1, 0.15) is 29.9 Å². The van der Waals surface area contributed by atoms with E-state index >= 15 is 0 Å². The van der Waals surface area contributed by atoms with Crippen LogP contribution in [0.4, 0.5) is 4.79 Å². The fourth-order valence-corrected chi connectivity index (χ4v) is 4.06. The van der Waals surface area contributed by atoms with Crippen molar-refractivity contribution in [3.63, 3.8) is 0 Å². The van der Waals surface area contributed by atoms with Crippen LogP contribution in [0.1, 0.15) is 75.7 Å². The van der Waals surface area contributed by atoms with Gasteiger partial charge in [-0.05, 0) is 68.7 Å². The predicted octanol–water partition coefficient (Wildman–Crippen LogP) is 3.37. The van der Waals surface area contributed by atoms with Gasteiger partial charge in [-0.3, -0.25) is 14.5 Å². The molecule has 0 saturated carbocycles. The van der Waals surface area contributed by atoms with Gasteiger partial charge in [-0.2, -0.15) is 0 Å². The highest BCUT2D eigenvalue weighted by Gasteiger charge is 2.53. The number of rotatable bonds is 10. The Labute approximate surface area is 215 Å². The molecule has 0 aromatic carbocycles. The minimum absolute atomic E-state index is 0.197. The van der Waals surface area contributed by atoms with Crippen LogP contribution in [-0.4, -0.2) is 77.5 Å². The van der Waals surface area contributed by atoms with E-state index in [1.54, 1.807) is 68.4 Å². The summed E-state index contributed by atoms with van der Waals surface area (Å²) in [7, 11) is 0. The molecule has 2 unspecified atom stereocenters. The first-order chi connectivity index (χ1) is 16.5. The molecule has 0 radical (unpaired) electrons. The molecule has 5 atom stereocenters. The number of nitrogens with one attached hydrogen (secondary N) is 1. The van der Waals surface area contributed by atoms with Gasteiger partial charge in [0.05, 0.1) is 6.04 Å². The van der Waals surface area contributed by atoms with E-state index in [4.69, 9.17) is 18.9 Å². The smallest absolute Gasteiger partial charge is 0.411 e. The van der Waals surface area contributed by atoms with Crippen LogP contribution in [0, 0.1) is 5.92 Å². The topological polar surface area (TPSA) is 120 Å². The molecule has 36 heavy (non-hydrogen) atoms. The third-order valence-electron chi connectivity index (χ3n) is 5.22. The molecular formula is C26H44N2O8. The summed E-state index contributed by atoms with van der Waals surface area (Å²) >= 11 is 0. The van der Waals surface area contributed by atoms with Crippen molar-refractivity contribution in [1.82, 2.24) is 10.2 Å². The zero-order valence-electron chi connectivity index (χ0n) is 23.4. The summed E-state index contributed by atoms with van der Waals surface area (Å²) in [6.45, 7) is 16.9. The molecular weight excluding hydrogens is 468 g/mol. The highest BCUT2D eigenvalue weighted by atomic mass is 16.7. The van der Waals surface area contributed by atoms with E-state index in [9.17, 15) is 19.2 Å². The lowest BCUT2D eigenvalue weighted by Gasteiger charge is -2.37. The number of hydrogen-bond donors (Lipinski definition) is 1. The molecule has 1 rings (SSSR count). The van der Waals surface area contributed by atoms with E-state index in [0.29, 0.717) is 6.61 Å². The van der Waals surface area contributed by atoms with Crippen molar-refractivity contribution in [3.8, 4) is 0 Å². The van der Waals surface area contributed by atoms with Gasteiger partial charge in [-0.15, -0.1) is 0 Å². The first-order valence-electron chi connectivity index (χ1n) is 12.4. The summed E-state index contributed by atoms with van der Waals surface area (Å²) in [4.78, 5) is 53.5. The summed E-state index contributed by atoms with van der Waals surface area (Å²) in [5.41, 5.74) is -1.65. The first kappa shape index (κ1) is 31.6. The molecule has 1 heterocycles. The Bertz CT molecular complexity index is 812. The third-order valence-corrected chi connectivity index (χ3v) is 5.22. The summed E-state index contributed by atoms with van der Waals surface area (Å²) in [6.07, 6.45) is 2.39. The monoisotopic (exact) mass is 512 g/mol. The van der Waals surface area contributed by atoms with Gasteiger partial charge in [0.15, 0.2) is 12.1 Å².